The van der Waals surface area contributed by atoms with Gasteiger partial charge in [0.1, 0.15) is 11.6 Å². The van der Waals surface area contributed by atoms with Gasteiger partial charge in [0.15, 0.2) is 0 Å². The lowest BCUT2D eigenvalue weighted by Crippen LogP contribution is -2.22. The van der Waals surface area contributed by atoms with Gasteiger partial charge >= 0.3 is 0 Å². The molecule has 13 heavy (non-hydrogen) atoms. The number of rotatable bonds is 1. The van der Waals surface area contributed by atoms with Gasteiger partial charge < -0.3 is 0 Å². The molecule has 0 aromatic carbocycles. The van der Waals surface area contributed by atoms with E-state index in [1.165, 1.54) is 4.91 Å². The van der Waals surface area contributed by atoms with E-state index in [-0.39, 0.29) is 23.9 Å². The zero-order chi connectivity index (χ0) is 9.26. The lowest BCUT2D eigenvalue weighted by Gasteiger charge is -2.20. The second kappa shape index (κ2) is 3.66. The molecule has 0 amide bonds. The van der Waals surface area contributed by atoms with Crippen molar-refractivity contribution in [2.45, 2.75) is 25.7 Å². The molecule has 0 radical (unpaired) electrons. The summed E-state index contributed by atoms with van der Waals surface area (Å²) in [5, 5.41) is 0. The molecular weight excluding hydrogens is 184 g/mol. The van der Waals surface area contributed by atoms with Crippen LogP contribution in [0.1, 0.15) is 25.7 Å². The normalized spacial score (nSPS) is 25.1. The van der Waals surface area contributed by atoms with E-state index in [0.29, 0.717) is 12.8 Å². The summed E-state index contributed by atoms with van der Waals surface area (Å²) in [6, 6.07) is 0. The summed E-state index contributed by atoms with van der Waals surface area (Å²) in [5.74, 6) is 1.58. The minimum atomic E-state index is 0.120. The van der Waals surface area contributed by atoms with Crippen molar-refractivity contribution in [3.8, 4) is 0 Å². The number of allylic oxidation sites excluding steroid dienone is 2. The summed E-state index contributed by atoms with van der Waals surface area (Å²) in [6.07, 6.45) is 4.63. The largest absolute Gasteiger partial charge is 0.299 e. The first-order valence-electron chi connectivity index (χ1n) is 4.62. The van der Waals surface area contributed by atoms with Crippen LogP contribution in [0.5, 0.6) is 0 Å². The van der Waals surface area contributed by atoms with E-state index in [1.807, 2.05) is 11.8 Å². The molecule has 0 unspecified atom stereocenters. The average molecular weight is 196 g/mol. The quantitative estimate of drug-likeness (QED) is 0.601. The molecule has 1 heterocycles. The number of carbonyl (C=O) groups is 2. The number of ketones is 2. The summed E-state index contributed by atoms with van der Waals surface area (Å²) < 4.78 is 0. The third-order valence-corrected chi connectivity index (χ3v) is 3.75. The van der Waals surface area contributed by atoms with Crippen LogP contribution in [-0.4, -0.2) is 17.3 Å². The number of hydrogen-bond acceptors (Lipinski definition) is 3. The van der Waals surface area contributed by atoms with Crippen molar-refractivity contribution in [3.63, 3.8) is 0 Å². The average Bonchev–Trinajstić information content (AvgIpc) is 2.53. The maximum absolute atomic E-state index is 11.2. The van der Waals surface area contributed by atoms with Gasteiger partial charge in [-0.15, -0.1) is 11.8 Å². The van der Waals surface area contributed by atoms with Crippen LogP contribution < -0.4 is 0 Å². The van der Waals surface area contributed by atoms with Crippen molar-refractivity contribution >= 4 is 23.3 Å². The fourth-order valence-electron chi connectivity index (χ4n) is 1.91. The Morgan fingerprint density at radius 3 is 2.46 bits per heavy atom. The molecule has 0 spiro atoms. The summed E-state index contributed by atoms with van der Waals surface area (Å²) in [7, 11) is 0. The Bertz CT molecular complexity index is 265. The van der Waals surface area contributed by atoms with Gasteiger partial charge in [-0.3, -0.25) is 9.59 Å². The van der Waals surface area contributed by atoms with Crippen LogP contribution in [-0.2, 0) is 9.59 Å². The van der Waals surface area contributed by atoms with Gasteiger partial charge in [0.25, 0.3) is 0 Å². The van der Waals surface area contributed by atoms with Crippen molar-refractivity contribution < 1.29 is 9.59 Å². The lowest BCUT2D eigenvalue weighted by molar-refractivity contribution is -0.130. The Labute approximate surface area is 81.8 Å². The Morgan fingerprint density at radius 2 is 1.92 bits per heavy atom. The first kappa shape index (κ1) is 9.00. The third-order valence-electron chi connectivity index (χ3n) is 2.48. The molecule has 0 aromatic heterocycles. The topological polar surface area (TPSA) is 34.1 Å². The Balaban J connectivity index is 2.06. The van der Waals surface area contributed by atoms with Gasteiger partial charge in [-0.2, -0.15) is 0 Å². The van der Waals surface area contributed by atoms with Gasteiger partial charge in [-0.25, -0.2) is 0 Å². The fourth-order valence-corrected chi connectivity index (χ4v) is 3.02. The van der Waals surface area contributed by atoms with Crippen molar-refractivity contribution in [2.75, 3.05) is 5.75 Å². The third kappa shape index (κ3) is 2.02. The van der Waals surface area contributed by atoms with E-state index in [9.17, 15) is 9.59 Å². The zero-order valence-corrected chi connectivity index (χ0v) is 8.23. The molecule has 0 aromatic rings. The smallest absolute Gasteiger partial charge is 0.140 e. The van der Waals surface area contributed by atoms with E-state index < -0.39 is 0 Å². The van der Waals surface area contributed by atoms with Crippen molar-refractivity contribution in [2.24, 2.45) is 5.92 Å². The van der Waals surface area contributed by atoms with E-state index >= 15 is 0 Å². The van der Waals surface area contributed by atoms with E-state index in [1.54, 1.807) is 0 Å². The summed E-state index contributed by atoms with van der Waals surface area (Å²) >= 11 is 1.81. The maximum atomic E-state index is 11.2. The number of Topliss-reactive ketones (excluding diaryl/α,β-unsaturated/α-hetero) is 2. The Kier molecular flexibility index (Phi) is 2.54. The van der Waals surface area contributed by atoms with Crippen molar-refractivity contribution in [3.05, 3.63) is 11.0 Å². The van der Waals surface area contributed by atoms with E-state index in [2.05, 4.69) is 6.08 Å². The first-order valence-corrected chi connectivity index (χ1v) is 5.60. The van der Waals surface area contributed by atoms with Gasteiger partial charge in [-0.1, -0.05) is 6.08 Å². The molecule has 0 N–H and O–H groups in total. The zero-order valence-electron chi connectivity index (χ0n) is 7.41. The predicted octanol–water partition coefficient (Wildman–Crippen LogP) is 1.95. The molecule has 1 saturated carbocycles. The SMILES string of the molecule is O=C1CC(=O)CC(C2=CCCS2)C1. The second-order valence-corrected chi connectivity index (χ2v) is 4.77. The highest BCUT2D eigenvalue weighted by Crippen LogP contribution is 2.37. The predicted molar refractivity (Wildman–Crippen MR) is 52.5 cm³/mol. The summed E-state index contributed by atoms with van der Waals surface area (Å²) in [4.78, 5) is 23.6. The number of hydrogen-bond donors (Lipinski definition) is 0. The van der Waals surface area contributed by atoms with Gasteiger partial charge in [0.2, 0.25) is 0 Å². The van der Waals surface area contributed by atoms with Gasteiger partial charge in [0, 0.05) is 24.5 Å². The highest BCUT2D eigenvalue weighted by atomic mass is 32.2. The molecule has 2 aliphatic rings. The molecule has 2 rings (SSSR count). The van der Waals surface area contributed by atoms with Crippen LogP contribution in [0.15, 0.2) is 11.0 Å². The van der Waals surface area contributed by atoms with E-state index in [0.717, 1.165) is 12.2 Å². The molecular formula is C10H12O2S. The molecule has 1 fully saturated rings. The molecule has 70 valence electrons. The molecule has 0 atom stereocenters. The molecule has 2 nitrogen and oxygen atoms in total. The Morgan fingerprint density at radius 1 is 1.23 bits per heavy atom. The monoisotopic (exact) mass is 196 g/mol. The fraction of sp³-hybridized carbons (Fsp3) is 0.600. The standard InChI is InChI=1S/C10H12O2S/c11-8-4-7(5-9(12)6-8)10-2-1-3-13-10/h2,7H,1,3-6H2. The van der Waals surface area contributed by atoms with Crippen LogP contribution in [0.25, 0.3) is 0 Å². The molecule has 0 saturated heterocycles. The number of carbonyl (C=O) groups excluding carboxylic acids is 2. The van der Waals surface area contributed by atoms with Crippen LogP contribution in [0, 0.1) is 5.92 Å². The number of thioether (sulfide) groups is 1. The molecule has 1 aliphatic heterocycles. The van der Waals surface area contributed by atoms with Gasteiger partial charge in [-0.05, 0) is 11.3 Å². The second-order valence-electron chi connectivity index (χ2n) is 3.60. The minimum absolute atomic E-state index is 0.120. The highest BCUT2D eigenvalue weighted by molar-refractivity contribution is 8.03. The van der Waals surface area contributed by atoms with Crippen LogP contribution in [0.2, 0.25) is 0 Å². The molecule has 3 heteroatoms. The minimum Gasteiger partial charge on any atom is -0.299 e. The summed E-state index contributed by atoms with van der Waals surface area (Å²) in [6.45, 7) is 0. The van der Waals surface area contributed by atoms with Crippen molar-refractivity contribution in [1.29, 1.82) is 0 Å². The van der Waals surface area contributed by atoms with Gasteiger partial charge in [0.05, 0.1) is 6.42 Å². The van der Waals surface area contributed by atoms with Crippen molar-refractivity contribution in [1.82, 2.24) is 0 Å². The highest BCUT2D eigenvalue weighted by Gasteiger charge is 2.28. The summed E-state index contributed by atoms with van der Waals surface area (Å²) in [5.41, 5.74) is 0. The van der Waals surface area contributed by atoms with E-state index in [4.69, 9.17) is 0 Å². The molecule has 0 bridgehead atoms. The molecule has 1 aliphatic carbocycles. The maximum Gasteiger partial charge on any atom is 0.140 e. The van der Waals surface area contributed by atoms with Crippen LogP contribution >= 0.6 is 11.8 Å². The first-order chi connectivity index (χ1) is 6.25. The Hall–Kier alpha value is -0.570. The lowest BCUT2D eigenvalue weighted by atomic mass is 9.87. The van der Waals surface area contributed by atoms with Crippen LogP contribution in [0.4, 0.5) is 0 Å². The van der Waals surface area contributed by atoms with Crippen LogP contribution in [0.3, 0.4) is 0 Å².